The fourth-order valence-corrected chi connectivity index (χ4v) is 4.35. The number of aryl methyl sites for hydroxylation is 1. The summed E-state index contributed by atoms with van der Waals surface area (Å²) in [7, 11) is 0. The van der Waals surface area contributed by atoms with Crippen LogP contribution in [-0.4, -0.2) is 46.4 Å². The van der Waals surface area contributed by atoms with E-state index in [1.54, 1.807) is 35.2 Å². The van der Waals surface area contributed by atoms with E-state index in [9.17, 15) is 18.0 Å². The lowest BCUT2D eigenvalue weighted by Crippen LogP contribution is -2.48. The highest BCUT2D eigenvalue weighted by Gasteiger charge is 2.31. The number of ether oxygens (including phenoxy) is 1. The molecule has 2 aromatic carbocycles. The molecule has 0 N–H and O–H groups in total. The zero-order valence-corrected chi connectivity index (χ0v) is 19.7. The number of amides is 1. The number of rotatable bonds is 5. The van der Waals surface area contributed by atoms with Crippen LogP contribution in [0.4, 0.5) is 18.9 Å². The number of alkyl halides is 3. The summed E-state index contributed by atoms with van der Waals surface area (Å²) in [5.74, 6) is 0.524. The monoisotopic (exact) mass is 494 g/mol. The smallest absolute Gasteiger partial charge is 0.416 e. The number of carbonyl (C=O) groups is 1. The summed E-state index contributed by atoms with van der Waals surface area (Å²) in [5, 5.41) is 0. The van der Waals surface area contributed by atoms with Crippen LogP contribution < -0.4 is 9.64 Å². The molecule has 1 amide bonds. The summed E-state index contributed by atoms with van der Waals surface area (Å²) in [4.78, 5) is 21.1. The van der Waals surface area contributed by atoms with Gasteiger partial charge in [-0.15, -0.1) is 0 Å². The molecule has 1 aliphatic rings. The number of nitrogens with zero attached hydrogens (tertiary/aromatic N) is 4. The topological polar surface area (TPSA) is 50.1 Å². The van der Waals surface area contributed by atoms with Gasteiger partial charge < -0.3 is 18.9 Å². The van der Waals surface area contributed by atoms with Gasteiger partial charge in [0.25, 0.3) is 5.91 Å². The molecule has 36 heavy (non-hydrogen) atoms. The fraction of sp³-hybridized carbons (Fsp3) is 0.259. The van der Waals surface area contributed by atoms with Crippen molar-refractivity contribution in [2.75, 3.05) is 31.1 Å². The maximum atomic E-state index is 13.0. The predicted octanol–water partition coefficient (Wildman–Crippen LogP) is 5.20. The van der Waals surface area contributed by atoms with Gasteiger partial charge in [-0.25, -0.2) is 4.98 Å². The molecule has 1 saturated heterocycles. The number of hydrogen-bond donors (Lipinski definition) is 0. The highest BCUT2D eigenvalue weighted by atomic mass is 19.4. The SMILES string of the molecule is Cc1cccn2cc(COc3ccc(C(=O)N4CCN(c5cccc(C(F)(F)F)c5)CC4)cc3)nc12. The molecule has 5 rings (SSSR count). The van der Waals surface area contributed by atoms with Crippen molar-refractivity contribution in [1.82, 2.24) is 14.3 Å². The molecule has 0 unspecified atom stereocenters. The lowest BCUT2D eigenvalue weighted by atomic mass is 10.1. The number of carbonyl (C=O) groups excluding carboxylic acids is 1. The third-order valence-electron chi connectivity index (χ3n) is 6.32. The van der Waals surface area contributed by atoms with Gasteiger partial charge in [-0.1, -0.05) is 12.1 Å². The molecule has 0 radical (unpaired) electrons. The number of aromatic nitrogens is 2. The fourth-order valence-electron chi connectivity index (χ4n) is 4.35. The molecule has 0 bridgehead atoms. The summed E-state index contributed by atoms with van der Waals surface area (Å²) in [6, 6.07) is 16.2. The number of pyridine rings is 1. The second-order valence-corrected chi connectivity index (χ2v) is 8.79. The normalized spacial score (nSPS) is 14.3. The zero-order chi connectivity index (χ0) is 25.3. The van der Waals surface area contributed by atoms with Crippen LogP contribution >= 0.6 is 0 Å². The molecule has 186 valence electrons. The Bertz CT molecular complexity index is 1370. The highest BCUT2D eigenvalue weighted by molar-refractivity contribution is 5.94. The summed E-state index contributed by atoms with van der Waals surface area (Å²) in [6.07, 6.45) is -0.507. The Kier molecular flexibility index (Phi) is 6.30. The second-order valence-electron chi connectivity index (χ2n) is 8.79. The quantitative estimate of drug-likeness (QED) is 0.383. The number of hydrogen-bond acceptors (Lipinski definition) is 4. The molecular weight excluding hydrogens is 469 g/mol. The van der Waals surface area contributed by atoms with Crippen molar-refractivity contribution in [3.05, 3.63) is 95.4 Å². The molecule has 0 atom stereocenters. The number of piperazine rings is 1. The van der Waals surface area contributed by atoms with Gasteiger partial charge in [-0.05, 0) is 61.0 Å². The van der Waals surface area contributed by atoms with E-state index in [1.807, 2.05) is 40.8 Å². The summed E-state index contributed by atoms with van der Waals surface area (Å²) in [5.41, 5.74) is 3.17. The molecule has 0 saturated carbocycles. The first-order valence-electron chi connectivity index (χ1n) is 11.7. The average molecular weight is 495 g/mol. The van der Waals surface area contributed by atoms with Gasteiger partial charge in [-0.2, -0.15) is 13.2 Å². The van der Waals surface area contributed by atoms with Crippen LogP contribution in [0.1, 0.15) is 27.2 Å². The van der Waals surface area contributed by atoms with Crippen molar-refractivity contribution < 1.29 is 22.7 Å². The Morgan fingerprint density at radius 1 is 1.00 bits per heavy atom. The largest absolute Gasteiger partial charge is 0.487 e. The maximum Gasteiger partial charge on any atom is 0.416 e. The molecule has 6 nitrogen and oxygen atoms in total. The van der Waals surface area contributed by atoms with E-state index in [2.05, 4.69) is 4.98 Å². The molecule has 3 heterocycles. The van der Waals surface area contributed by atoms with Crippen LogP contribution in [0.5, 0.6) is 5.75 Å². The number of imidazole rings is 1. The summed E-state index contributed by atoms with van der Waals surface area (Å²) >= 11 is 0. The van der Waals surface area contributed by atoms with E-state index in [0.717, 1.165) is 29.0 Å². The third-order valence-corrected chi connectivity index (χ3v) is 6.32. The molecule has 2 aromatic heterocycles. The average Bonchev–Trinajstić information content (AvgIpc) is 3.32. The van der Waals surface area contributed by atoms with Gasteiger partial charge in [-0.3, -0.25) is 4.79 Å². The third kappa shape index (κ3) is 5.00. The van der Waals surface area contributed by atoms with Gasteiger partial charge in [0.05, 0.1) is 11.3 Å². The van der Waals surface area contributed by atoms with Gasteiger partial charge in [0.2, 0.25) is 0 Å². The van der Waals surface area contributed by atoms with Crippen molar-refractivity contribution in [3.8, 4) is 5.75 Å². The van der Waals surface area contributed by atoms with E-state index in [4.69, 9.17) is 4.74 Å². The van der Waals surface area contributed by atoms with Crippen molar-refractivity contribution in [3.63, 3.8) is 0 Å². The Morgan fingerprint density at radius 3 is 2.44 bits per heavy atom. The minimum atomic E-state index is -4.38. The molecule has 9 heteroatoms. The Balaban J connectivity index is 1.16. The number of benzene rings is 2. The zero-order valence-electron chi connectivity index (χ0n) is 19.7. The summed E-state index contributed by atoms with van der Waals surface area (Å²) < 4.78 is 46.9. The Morgan fingerprint density at radius 2 is 1.75 bits per heavy atom. The maximum absolute atomic E-state index is 13.0. The molecule has 1 fully saturated rings. The van der Waals surface area contributed by atoms with Crippen molar-refractivity contribution >= 4 is 17.2 Å². The van der Waals surface area contributed by atoms with Gasteiger partial charge >= 0.3 is 6.18 Å². The molecule has 0 spiro atoms. The van der Waals surface area contributed by atoms with Crippen LogP contribution in [0, 0.1) is 6.92 Å². The minimum absolute atomic E-state index is 0.110. The predicted molar refractivity (Wildman–Crippen MR) is 130 cm³/mol. The Hall–Kier alpha value is -4.01. The van der Waals surface area contributed by atoms with E-state index < -0.39 is 11.7 Å². The van der Waals surface area contributed by atoms with Gasteiger partial charge in [0.1, 0.15) is 18.0 Å². The van der Waals surface area contributed by atoms with Crippen LogP contribution in [0.3, 0.4) is 0 Å². The lowest BCUT2D eigenvalue weighted by Gasteiger charge is -2.36. The van der Waals surface area contributed by atoms with Crippen molar-refractivity contribution in [2.45, 2.75) is 19.7 Å². The van der Waals surface area contributed by atoms with Crippen LogP contribution in [-0.2, 0) is 12.8 Å². The van der Waals surface area contributed by atoms with E-state index >= 15 is 0 Å². The Labute approximate surface area is 206 Å². The van der Waals surface area contributed by atoms with Crippen LogP contribution in [0.25, 0.3) is 5.65 Å². The van der Waals surface area contributed by atoms with Crippen LogP contribution in [0.2, 0.25) is 0 Å². The van der Waals surface area contributed by atoms with Crippen LogP contribution in [0.15, 0.2) is 73.1 Å². The lowest BCUT2D eigenvalue weighted by molar-refractivity contribution is -0.137. The first-order valence-corrected chi connectivity index (χ1v) is 11.7. The standard InChI is InChI=1S/C27H25F3N4O2/c1-19-4-3-11-34-17-22(31-25(19)34)18-36-24-9-7-20(8-10-24)26(35)33-14-12-32(13-15-33)23-6-2-5-21(16-23)27(28,29)30/h2-11,16-17H,12-15,18H2,1H3. The van der Waals surface area contributed by atoms with Crippen molar-refractivity contribution in [1.29, 1.82) is 0 Å². The molecule has 0 aliphatic carbocycles. The molecule has 1 aliphatic heterocycles. The molecular formula is C27H25F3N4O2. The first-order chi connectivity index (χ1) is 17.3. The minimum Gasteiger partial charge on any atom is -0.487 e. The number of fused-ring (bicyclic) bond motifs is 1. The number of halogens is 3. The van der Waals surface area contributed by atoms with E-state index in [-0.39, 0.29) is 5.91 Å². The summed E-state index contributed by atoms with van der Waals surface area (Å²) in [6.45, 7) is 4.11. The second kappa shape index (κ2) is 9.56. The van der Waals surface area contributed by atoms with E-state index in [0.29, 0.717) is 49.8 Å². The first kappa shape index (κ1) is 23.7. The molecule has 4 aromatic rings. The van der Waals surface area contributed by atoms with Gasteiger partial charge in [0, 0.05) is 49.8 Å². The number of anilines is 1. The van der Waals surface area contributed by atoms with Gasteiger partial charge in [0.15, 0.2) is 0 Å². The van der Waals surface area contributed by atoms with E-state index in [1.165, 1.54) is 6.07 Å². The van der Waals surface area contributed by atoms with Crippen molar-refractivity contribution in [2.24, 2.45) is 0 Å². The highest BCUT2D eigenvalue weighted by Crippen LogP contribution is 2.32.